The quantitative estimate of drug-likeness (QED) is 0.119. The number of hydrogen-bond acceptors (Lipinski definition) is 11. The molecule has 0 aliphatic carbocycles. The molecule has 0 spiro atoms. The molecule has 57 heavy (non-hydrogen) atoms. The zero-order valence-corrected chi connectivity index (χ0v) is 32.1. The maximum absolute atomic E-state index is 14.5. The number of ether oxygens (including phenoxy) is 3. The molecule has 3 N–H and O–H groups in total. The molecule has 2 aliphatic heterocycles. The fourth-order valence-corrected chi connectivity index (χ4v) is 6.46. The Morgan fingerprint density at radius 1 is 1.04 bits per heavy atom. The van der Waals surface area contributed by atoms with Gasteiger partial charge in [-0.05, 0) is 63.9 Å². The van der Waals surface area contributed by atoms with Crippen molar-refractivity contribution in [3.63, 3.8) is 0 Å². The lowest BCUT2D eigenvalue weighted by Crippen LogP contribution is -2.59. The maximum Gasteiger partial charge on any atom is 0.410 e. The number of anilines is 2. The highest BCUT2D eigenvalue weighted by atomic mass is 19.4. The molecule has 0 saturated carbocycles. The number of hydrogen-bond donors (Lipinski definition) is 3. The van der Waals surface area contributed by atoms with Crippen LogP contribution in [0, 0.1) is 5.82 Å². The second kappa shape index (κ2) is 17.2. The minimum atomic E-state index is -4.89. The Kier molecular flexibility index (Phi) is 12.4. The molecule has 0 bridgehead atoms. The first-order chi connectivity index (χ1) is 27.0. The van der Waals surface area contributed by atoms with E-state index < -0.39 is 54.8 Å². The molecular formula is C39H46F4N8O6. The molecule has 2 amide bonds. The van der Waals surface area contributed by atoms with Gasteiger partial charge in [0.1, 0.15) is 47.0 Å². The summed E-state index contributed by atoms with van der Waals surface area (Å²) in [6.45, 7) is 4.88. The highest BCUT2D eigenvalue weighted by Gasteiger charge is 2.42. The molecule has 2 aliphatic rings. The number of likely N-dealkylation sites (N-methyl/N-ethyl adjacent to an activating group) is 1. The number of carbonyl (C=O) groups excluding carboxylic acids is 3. The summed E-state index contributed by atoms with van der Waals surface area (Å²) in [7, 11) is 1.45. The zero-order valence-electron chi connectivity index (χ0n) is 32.1. The van der Waals surface area contributed by atoms with Crippen molar-refractivity contribution in [1.29, 1.82) is 0 Å². The second-order valence-electron chi connectivity index (χ2n) is 15.1. The predicted molar refractivity (Wildman–Crippen MR) is 202 cm³/mol. The van der Waals surface area contributed by atoms with Gasteiger partial charge in [0.05, 0.1) is 17.8 Å². The van der Waals surface area contributed by atoms with Crippen LogP contribution in [0.3, 0.4) is 0 Å². The summed E-state index contributed by atoms with van der Waals surface area (Å²) in [5, 5.41) is 13.0. The molecule has 2 aromatic heterocycles. The number of aromatic nitrogens is 3. The van der Waals surface area contributed by atoms with E-state index in [2.05, 4.69) is 10.6 Å². The smallest absolute Gasteiger partial charge is 0.410 e. The fraction of sp³-hybridized carbons (Fsp3) is 0.462. The van der Waals surface area contributed by atoms with Crippen LogP contribution in [0.1, 0.15) is 67.7 Å². The van der Waals surface area contributed by atoms with Gasteiger partial charge in [-0.3, -0.25) is 4.79 Å². The number of rotatable bonds is 13. The van der Waals surface area contributed by atoms with Crippen molar-refractivity contribution in [3.05, 3.63) is 83.3 Å². The van der Waals surface area contributed by atoms with Crippen LogP contribution in [-0.2, 0) is 20.9 Å². The molecule has 14 nitrogen and oxygen atoms in total. The van der Waals surface area contributed by atoms with E-state index in [9.17, 15) is 31.9 Å². The molecule has 306 valence electrons. The van der Waals surface area contributed by atoms with Gasteiger partial charge in [0, 0.05) is 38.8 Å². The molecule has 0 radical (unpaired) electrons. The van der Waals surface area contributed by atoms with Gasteiger partial charge < -0.3 is 40.0 Å². The number of esters is 1. The summed E-state index contributed by atoms with van der Waals surface area (Å²) in [5.74, 6) is -2.32. The number of nitrogens with zero attached hydrogens (tertiary/aromatic N) is 5. The summed E-state index contributed by atoms with van der Waals surface area (Å²) in [6, 6.07) is 13.0. The van der Waals surface area contributed by atoms with Gasteiger partial charge in [-0.15, -0.1) is 0 Å². The Morgan fingerprint density at radius 2 is 1.79 bits per heavy atom. The van der Waals surface area contributed by atoms with E-state index in [0.29, 0.717) is 30.2 Å². The maximum atomic E-state index is 14.5. The van der Waals surface area contributed by atoms with Crippen LogP contribution in [-0.4, -0.2) is 96.3 Å². The average molecular weight is 799 g/mol. The van der Waals surface area contributed by atoms with Crippen LogP contribution >= 0.6 is 0 Å². The Bertz CT molecular complexity index is 2050. The molecule has 4 heterocycles. The first-order valence-electron chi connectivity index (χ1n) is 18.6. The lowest BCUT2D eigenvalue weighted by atomic mass is 10.0. The van der Waals surface area contributed by atoms with Gasteiger partial charge in [-0.25, -0.2) is 19.0 Å². The van der Waals surface area contributed by atoms with Gasteiger partial charge in [0.2, 0.25) is 0 Å². The van der Waals surface area contributed by atoms with Gasteiger partial charge >= 0.3 is 18.2 Å². The molecule has 18 heteroatoms. The number of carbonyl (C=O) groups is 3. The number of alkyl carbamates (subject to hydrolysis) is 1. The van der Waals surface area contributed by atoms with Crippen molar-refractivity contribution in [2.45, 2.75) is 76.5 Å². The molecule has 2 fully saturated rings. The predicted octanol–water partition coefficient (Wildman–Crippen LogP) is 5.32. The number of alkyl halides is 3. The summed E-state index contributed by atoms with van der Waals surface area (Å²) in [4.78, 5) is 46.1. The number of piperidine rings is 1. The van der Waals surface area contributed by atoms with Gasteiger partial charge in [0.25, 0.3) is 5.91 Å². The summed E-state index contributed by atoms with van der Waals surface area (Å²) in [5.41, 5.74) is 0.708. The highest BCUT2D eigenvalue weighted by molar-refractivity contribution is 5.93. The Morgan fingerprint density at radius 3 is 2.47 bits per heavy atom. The van der Waals surface area contributed by atoms with Crippen LogP contribution in [0.25, 0.3) is 5.65 Å². The van der Waals surface area contributed by atoms with Crippen molar-refractivity contribution in [2.75, 3.05) is 49.6 Å². The van der Waals surface area contributed by atoms with Gasteiger partial charge in [-0.2, -0.15) is 22.8 Å². The SMILES string of the molecule is CN(CC(NC(=O)COc1ccc(F)cc1C(=O)OC(C)(C)C)C(F)(F)F)c1cc(N2CC(NC(=O)OCc3ccccc3)C2)nc2cc([C@@H]3CCCCN3)nn12. The lowest BCUT2D eigenvalue weighted by molar-refractivity contribution is -0.160. The average Bonchev–Trinajstić information content (AvgIpc) is 3.58. The highest BCUT2D eigenvalue weighted by Crippen LogP contribution is 2.31. The van der Waals surface area contributed by atoms with Crippen molar-refractivity contribution in [3.8, 4) is 5.75 Å². The largest absolute Gasteiger partial charge is 0.483 e. The molecular weight excluding hydrogens is 752 g/mol. The van der Waals surface area contributed by atoms with E-state index in [0.717, 1.165) is 49.6 Å². The lowest BCUT2D eigenvalue weighted by Gasteiger charge is -2.40. The molecule has 1 unspecified atom stereocenters. The molecule has 6 rings (SSSR count). The summed E-state index contributed by atoms with van der Waals surface area (Å²) in [6.07, 6.45) is -2.60. The van der Waals surface area contributed by atoms with Gasteiger partial charge in [-0.1, -0.05) is 36.8 Å². The van der Waals surface area contributed by atoms with Crippen LogP contribution in [0.4, 0.5) is 34.0 Å². The number of amides is 2. The van der Waals surface area contributed by atoms with Crippen molar-refractivity contribution < 1.29 is 46.2 Å². The summed E-state index contributed by atoms with van der Waals surface area (Å²) >= 11 is 0. The number of benzene rings is 2. The fourth-order valence-electron chi connectivity index (χ4n) is 6.46. The monoisotopic (exact) mass is 798 g/mol. The molecule has 4 aromatic rings. The van der Waals surface area contributed by atoms with Crippen LogP contribution in [0.15, 0.2) is 60.7 Å². The summed E-state index contributed by atoms with van der Waals surface area (Å²) < 4.78 is 75.2. The third kappa shape index (κ3) is 10.8. The first-order valence-corrected chi connectivity index (χ1v) is 18.6. The minimum Gasteiger partial charge on any atom is -0.483 e. The van der Waals surface area contributed by atoms with E-state index in [-0.39, 0.29) is 35.8 Å². The van der Waals surface area contributed by atoms with E-state index in [4.69, 9.17) is 24.3 Å². The first kappa shape index (κ1) is 41.0. The normalized spacial score (nSPS) is 16.7. The Labute approximate surface area is 326 Å². The number of nitrogens with one attached hydrogen (secondary N) is 3. The Hall–Kier alpha value is -5.65. The van der Waals surface area contributed by atoms with Crippen LogP contribution in [0.5, 0.6) is 5.75 Å². The van der Waals surface area contributed by atoms with Crippen molar-refractivity contribution in [2.24, 2.45) is 0 Å². The molecule has 2 aromatic carbocycles. The minimum absolute atomic E-state index is 0.0549. The van der Waals surface area contributed by atoms with E-state index in [1.165, 1.54) is 16.5 Å². The number of halogens is 4. The Balaban J connectivity index is 1.16. The second-order valence-corrected chi connectivity index (χ2v) is 15.1. The van der Waals surface area contributed by atoms with E-state index in [1.54, 1.807) is 26.8 Å². The van der Waals surface area contributed by atoms with E-state index >= 15 is 0 Å². The van der Waals surface area contributed by atoms with E-state index in [1.807, 2.05) is 46.6 Å². The third-order valence-electron chi connectivity index (χ3n) is 9.32. The topological polar surface area (TPSA) is 152 Å². The standard InChI is InChI=1S/C39H46F4N8O6/c1-38(2,3)57-36(53)27-16-25(40)13-14-30(27)55-23-34(52)46-31(39(41,42)43)21-49(4)35-18-32(47-33-17-29(48-51(33)35)28-12-8-9-15-44-28)50-19-26(20-50)45-37(54)56-22-24-10-6-5-7-11-24/h5-7,10-11,13-14,16-18,26,28,31,44H,8-9,12,15,19-23H2,1-4H3,(H,45,54)(H,46,52)/t28-,31?/m0/s1. The van der Waals surface area contributed by atoms with Gasteiger partial charge in [0.15, 0.2) is 12.3 Å². The van der Waals surface area contributed by atoms with Crippen molar-refractivity contribution >= 4 is 35.3 Å². The van der Waals surface area contributed by atoms with Crippen molar-refractivity contribution in [1.82, 2.24) is 30.5 Å². The van der Waals surface area contributed by atoms with Crippen LogP contribution in [0.2, 0.25) is 0 Å². The third-order valence-corrected chi connectivity index (χ3v) is 9.32. The zero-order chi connectivity index (χ0) is 40.9. The molecule has 2 atom stereocenters. The van der Waals surface area contributed by atoms with Crippen LogP contribution < -0.4 is 30.5 Å². The number of fused-ring (bicyclic) bond motifs is 1. The molecule has 2 saturated heterocycles.